The lowest BCUT2D eigenvalue weighted by molar-refractivity contribution is -0.279. The van der Waals surface area contributed by atoms with Gasteiger partial charge in [-0.25, -0.2) is 0 Å². The molecule has 5 aliphatic rings. The van der Waals surface area contributed by atoms with Gasteiger partial charge < -0.3 is 29.2 Å². The summed E-state index contributed by atoms with van der Waals surface area (Å²) in [6.07, 6.45) is 4.69. The summed E-state index contributed by atoms with van der Waals surface area (Å²) in [5.41, 5.74) is -2.01. The van der Waals surface area contributed by atoms with Gasteiger partial charge in [-0.15, -0.1) is 0 Å². The SMILES string of the molecule is CO[C@H]1C[C@H](O)[C@H](OCC23CC4C(C)CCC4C4(C=O)CC2C=C(C(C)C)C43C(=O)O)O[C@@H]1C. The normalized spacial score (nSPS) is 51.4. The number of aldehydes is 1. The first kappa shape index (κ1) is 24.4. The maximum Gasteiger partial charge on any atom is 0.315 e. The number of carbonyl (C=O) groups excluding carboxylic acids is 1. The molecule has 0 aromatic carbocycles. The number of hydrogen-bond donors (Lipinski definition) is 2. The molecule has 0 radical (unpaired) electrons. The first-order valence-electron chi connectivity index (χ1n) is 13.0. The minimum atomic E-state index is -1.27. The zero-order valence-corrected chi connectivity index (χ0v) is 21.0. The molecule has 0 spiro atoms. The molecular formula is C27H40O7. The summed E-state index contributed by atoms with van der Waals surface area (Å²) < 4.78 is 17.7. The van der Waals surface area contributed by atoms with E-state index in [0.29, 0.717) is 24.7 Å². The second-order valence-corrected chi connectivity index (χ2v) is 12.1. The van der Waals surface area contributed by atoms with E-state index in [4.69, 9.17) is 14.2 Å². The molecule has 1 saturated heterocycles. The lowest BCUT2D eigenvalue weighted by atomic mass is 9.43. The van der Waals surface area contributed by atoms with Crippen LogP contribution in [0.2, 0.25) is 0 Å². The van der Waals surface area contributed by atoms with Crippen LogP contribution in [0.3, 0.4) is 0 Å². The number of allylic oxidation sites excluding steroid dienone is 1. The van der Waals surface area contributed by atoms with Crippen LogP contribution in [-0.4, -0.2) is 60.8 Å². The van der Waals surface area contributed by atoms with Crippen LogP contribution in [0, 0.1) is 45.8 Å². The van der Waals surface area contributed by atoms with Crippen molar-refractivity contribution in [3.63, 3.8) is 0 Å². The van der Waals surface area contributed by atoms with Crippen molar-refractivity contribution < 1.29 is 34.0 Å². The zero-order chi connectivity index (χ0) is 24.6. The standard InChI is InChI=1S/C27H40O7/c1-14(2)20-8-17-10-25(12-28)19-7-6-15(3)18(19)11-26(17,27(20,25)24(30)31)13-33-23-21(29)9-22(32-5)16(4)34-23/h8,12,14-19,21-23,29H,6-7,9-11,13H2,1-5H3,(H,30,31)/t15?,16-,17?,18?,19?,21+,22+,23-,25?,26?,27?/m1/s1. The van der Waals surface area contributed by atoms with Crippen LogP contribution in [0.25, 0.3) is 0 Å². The van der Waals surface area contributed by atoms with Crippen LogP contribution in [0.5, 0.6) is 0 Å². The number of aliphatic carboxylic acids is 1. The van der Waals surface area contributed by atoms with Crippen molar-refractivity contribution in [3.05, 3.63) is 11.6 Å². The van der Waals surface area contributed by atoms with Crippen molar-refractivity contribution >= 4 is 12.3 Å². The van der Waals surface area contributed by atoms with Crippen molar-refractivity contribution in [2.75, 3.05) is 13.7 Å². The van der Waals surface area contributed by atoms with Gasteiger partial charge in [-0.2, -0.15) is 0 Å². The Morgan fingerprint density at radius 3 is 2.65 bits per heavy atom. The summed E-state index contributed by atoms with van der Waals surface area (Å²) in [6.45, 7) is 8.38. The van der Waals surface area contributed by atoms with Gasteiger partial charge in [0.05, 0.1) is 24.2 Å². The van der Waals surface area contributed by atoms with Crippen LogP contribution in [0.4, 0.5) is 0 Å². The second-order valence-electron chi connectivity index (χ2n) is 12.1. The number of fused-ring (bicyclic) bond motifs is 2. The smallest absolute Gasteiger partial charge is 0.315 e. The average molecular weight is 477 g/mol. The van der Waals surface area contributed by atoms with Gasteiger partial charge in [0.15, 0.2) is 6.29 Å². The molecule has 4 bridgehead atoms. The third-order valence-corrected chi connectivity index (χ3v) is 10.6. The Morgan fingerprint density at radius 1 is 1.29 bits per heavy atom. The number of carbonyl (C=O) groups is 2. The molecule has 7 unspecified atom stereocenters. The molecule has 4 fully saturated rings. The second kappa shape index (κ2) is 8.12. The first-order chi connectivity index (χ1) is 16.1. The Hall–Kier alpha value is -1.28. The van der Waals surface area contributed by atoms with E-state index in [9.17, 15) is 19.8 Å². The van der Waals surface area contributed by atoms with E-state index < -0.39 is 34.6 Å². The molecule has 5 rings (SSSR count). The molecule has 1 aliphatic heterocycles. The molecule has 3 saturated carbocycles. The predicted molar refractivity (Wildman–Crippen MR) is 124 cm³/mol. The van der Waals surface area contributed by atoms with E-state index in [2.05, 4.69) is 13.0 Å². The third kappa shape index (κ3) is 2.78. The van der Waals surface area contributed by atoms with E-state index >= 15 is 0 Å². The maximum atomic E-state index is 13.4. The molecule has 7 heteroatoms. The molecule has 11 atom stereocenters. The Labute approximate surface area is 202 Å². The molecule has 190 valence electrons. The van der Waals surface area contributed by atoms with Crippen molar-refractivity contribution in [2.24, 2.45) is 45.8 Å². The first-order valence-corrected chi connectivity index (χ1v) is 13.0. The molecule has 0 aromatic rings. The van der Waals surface area contributed by atoms with Gasteiger partial charge in [-0.05, 0) is 55.8 Å². The Bertz CT molecular complexity index is 884. The molecule has 0 amide bonds. The zero-order valence-electron chi connectivity index (χ0n) is 21.0. The molecule has 34 heavy (non-hydrogen) atoms. The number of carboxylic acid groups (broad SMARTS) is 1. The van der Waals surface area contributed by atoms with E-state index in [1.54, 1.807) is 7.11 Å². The number of ether oxygens (including phenoxy) is 3. The number of rotatable bonds is 7. The Morgan fingerprint density at radius 2 is 2.03 bits per heavy atom. The fraction of sp³-hybridized carbons (Fsp3) is 0.852. The lowest BCUT2D eigenvalue weighted by Crippen LogP contribution is -2.64. The monoisotopic (exact) mass is 476 g/mol. The summed E-state index contributed by atoms with van der Waals surface area (Å²) in [6, 6.07) is 0. The molecular weight excluding hydrogens is 436 g/mol. The highest BCUT2D eigenvalue weighted by Gasteiger charge is 2.84. The van der Waals surface area contributed by atoms with Gasteiger partial charge in [0, 0.05) is 18.9 Å². The number of hydrogen-bond acceptors (Lipinski definition) is 6. The summed E-state index contributed by atoms with van der Waals surface area (Å²) in [5.74, 6) is -0.0489. The van der Waals surface area contributed by atoms with Crippen LogP contribution < -0.4 is 0 Å². The molecule has 0 aromatic heterocycles. The van der Waals surface area contributed by atoms with Crippen LogP contribution in [0.15, 0.2) is 11.6 Å². The van der Waals surface area contributed by atoms with Crippen LogP contribution in [0.1, 0.15) is 59.8 Å². The van der Waals surface area contributed by atoms with E-state index in [-0.39, 0.29) is 36.6 Å². The topological polar surface area (TPSA) is 102 Å². The van der Waals surface area contributed by atoms with Gasteiger partial charge in [-0.1, -0.05) is 38.8 Å². The predicted octanol–water partition coefficient (Wildman–Crippen LogP) is 3.44. The third-order valence-electron chi connectivity index (χ3n) is 10.6. The van der Waals surface area contributed by atoms with Gasteiger partial charge in [0.2, 0.25) is 0 Å². The van der Waals surface area contributed by atoms with Crippen LogP contribution >= 0.6 is 0 Å². The van der Waals surface area contributed by atoms with E-state index in [0.717, 1.165) is 31.1 Å². The fourth-order valence-electron chi connectivity index (χ4n) is 9.23. The largest absolute Gasteiger partial charge is 0.481 e. The Kier molecular flexibility index (Phi) is 5.83. The minimum absolute atomic E-state index is 0.0227. The average Bonchev–Trinajstić information content (AvgIpc) is 3.36. The maximum absolute atomic E-state index is 13.4. The van der Waals surface area contributed by atoms with Crippen molar-refractivity contribution in [1.82, 2.24) is 0 Å². The number of aliphatic hydroxyl groups is 1. The molecule has 7 nitrogen and oxygen atoms in total. The number of carboxylic acids is 1. The lowest BCUT2D eigenvalue weighted by Gasteiger charge is -2.58. The number of aliphatic hydroxyl groups excluding tert-OH is 1. The Balaban J connectivity index is 1.56. The molecule has 1 heterocycles. The van der Waals surface area contributed by atoms with Crippen molar-refractivity contribution in [3.8, 4) is 0 Å². The van der Waals surface area contributed by atoms with Crippen molar-refractivity contribution in [2.45, 2.75) is 84.4 Å². The van der Waals surface area contributed by atoms with E-state index in [1.165, 1.54) is 0 Å². The minimum Gasteiger partial charge on any atom is -0.481 e. The van der Waals surface area contributed by atoms with Gasteiger partial charge >= 0.3 is 5.97 Å². The summed E-state index contributed by atoms with van der Waals surface area (Å²) in [5, 5.41) is 21.7. The molecule has 4 aliphatic carbocycles. The van der Waals surface area contributed by atoms with Gasteiger partial charge in [-0.3, -0.25) is 4.79 Å². The quantitative estimate of drug-likeness (QED) is 0.429. The molecule has 2 N–H and O–H groups in total. The summed E-state index contributed by atoms with van der Waals surface area (Å²) >= 11 is 0. The fourth-order valence-corrected chi connectivity index (χ4v) is 9.23. The highest BCUT2D eigenvalue weighted by Crippen LogP contribution is 2.82. The summed E-state index contributed by atoms with van der Waals surface area (Å²) in [4.78, 5) is 26.5. The van der Waals surface area contributed by atoms with Crippen molar-refractivity contribution in [1.29, 1.82) is 0 Å². The van der Waals surface area contributed by atoms with Gasteiger partial charge in [0.1, 0.15) is 17.8 Å². The van der Waals surface area contributed by atoms with Crippen LogP contribution in [-0.2, 0) is 23.8 Å². The summed E-state index contributed by atoms with van der Waals surface area (Å²) in [7, 11) is 1.60. The number of methoxy groups -OCH3 is 1. The highest BCUT2D eigenvalue weighted by molar-refractivity contribution is 5.90. The van der Waals surface area contributed by atoms with E-state index in [1.807, 2.05) is 20.8 Å². The van der Waals surface area contributed by atoms with Gasteiger partial charge in [0.25, 0.3) is 0 Å². The highest BCUT2D eigenvalue weighted by atomic mass is 16.7.